The molecule has 1 aromatic heterocycles. The van der Waals surface area contributed by atoms with Crippen molar-refractivity contribution in [2.45, 2.75) is 32.3 Å². The molecule has 0 aliphatic rings. The number of hydrogen-bond donors (Lipinski definition) is 2. The zero-order valence-electron chi connectivity index (χ0n) is 10.3. The monoisotopic (exact) mass is 242 g/mol. The fourth-order valence-electron chi connectivity index (χ4n) is 1.50. The first-order valence-corrected chi connectivity index (χ1v) is 5.55. The predicted molar refractivity (Wildman–Crippen MR) is 63.9 cm³/mol. The van der Waals surface area contributed by atoms with Gasteiger partial charge in [-0.25, -0.2) is 0 Å². The Hall–Kier alpha value is -1.63. The van der Waals surface area contributed by atoms with Crippen molar-refractivity contribution in [3.8, 4) is 0 Å². The van der Waals surface area contributed by atoms with Crippen LogP contribution in [0.2, 0.25) is 0 Å². The number of nitro groups is 1. The third kappa shape index (κ3) is 2.94. The minimum absolute atomic E-state index is 0.220. The molecule has 7 nitrogen and oxygen atoms in total. The van der Waals surface area contributed by atoms with Crippen LogP contribution >= 0.6 is 0 Å². The van der Waals surface area contributed by atoms with Crippen molar-refractivity contribution in [2.75, 3.05) is 11.9 Å². The number of aromatic nitrogens is 2. The molecule has 96 valence electrons. The summed E-state index contributed by atoms with van der Waals surface area (Å²) in [5.41, 5.74) is -0.849. The molecule has 0 unspecified atom stereocenters. The topological polar surface area (TPSA) is 93.2 Å². The maximum absolute atomic E-state index is 10.7. The van der Waals surface area contributed by atoms with E-state index in [1.54, 1.807) is 7.05 Å². The molecule has 7 heteroatoms. The second-order valence-electron chi connectivity index (χ2n) is 4.07. The number of nitrogens with zero attached hydrogens (tertiary/aromatic N) is 3. The Kier molecular flexibility index (Phi) is 4.06. The Bertz CT molecular complexity index is 398. The summed E-state index contributed by atoms with van der Waals surface area (Å²) in [6, 6.07) is 0. The van der Waals surface area contributed by atoms with E-state index in [9.17, 15) is 15.2 Å². The van der Waals surface area contributed by atoms with Gasteiger partial charge in [-0.05, 0) is 22.7 Å². The predicted octanol–water partition coefficient (Wildman–Crippen LogP) is 1.29. The Morgan fingerprint density at radius 1 is 1.59 bits per heavy atom. The first-order valence-electron chi connectivity index (χ1n) is 5.55. The number of aryl methyl sites for hydroxylation is 1. The van der Waals surface area contributed by atoms with Crippen LogP contribution in [0.5, 0.6) is 0 Å². The smallest absolute Gasteiger partial charge is 0.388 e. The van der Waals surface area contributed by atoms with Crippen LogP contribution in [-0.2, 0) is 7.05 Å². The normalized spacial score (nSPS) is 11.5. The average molecular weight is 242 g/mol. The van der Waals surface area contributed by atoms with Crippen molar-refractivity contribution in [3.63, 3.8) is 0 Å². The van der Waals surface area contributed by atoms with Gasteiger partial charge < -0.3 is 20.5 Å². The molecule has 1 aromatic rings. The van der Waals surface area contributed by atoms with E-state index in [0.717, 1.165) is 0 Å². The van der Waals surface area contributed by atoms with E-state index in [1.807, 2.05) is 13.8 Å². The summed E-state index contributed by atoms with van der Waals surface area (Å²) in [7, 11) is 1.67. The van der Waals surface area contributed by atoms with Crippen molar-refractivity contribution in [2.24, 2.45) is 7.05 Å². The second-order valence-corrected chi connectivity index (χ2v) is 4.07. The summed E-state index contributed by atoms with van der Waals surface area (Å²) in [6.45, 7) is 4.02. The number of hydrogen-bond acceptors (Lipinski definition) is 5. The van der Waals surface area contributed by atoms with Gasteiger partial charge in [0.2, 0.25) is 12.1 Å². The van der Waals surface area contributed by atoms with Crippen LogP contribution < -0.4 is 5.32 Å². The number of aliphatic hydroxyl groups is 1. The van der Waals surface area contributed by atoms with Gasteiger partial charge >= 0.3 is 5.82 Å². The molecule has 1 heterocycles. The molecule has 0 amide bonds. The van der Waals surface area contributed by atoms with Crippen LogP contribution in [0.4, 0.5) is 11.6 Å². The fraction of sp³-hybridized carbons (Fsp3) is 0.700. The first kappa shape index (κ1) is 13.4. The molecule has 0 fully saturated rings. The van der Waals surface area contributed by atoms with E-state index in [-0.39, 0.29) is 12.4 Å². The van der Waals surface area contributed by atoms with Crippen LogP contribution in [-0.4, -0.2) is 31.7 Å². The molecule has 0 spiro atoms. The van der Waals surface area contributed by atoms with Crippen molar-refractivity contribution >= 4 is 11.6 Å². The van der Waals surface area contributed by atoms with Crippen molar-refractivity contribution in [3.05, 3.63) is 16.4 Å². The summed E-state index contributed by atoms with van der Waals surface area (Å²) in [4.78, 5) is 13.9. The lowest BCUT2D eigenvalue weighted by Crippen LogP contribution is -2.35. The van der Waals surface area contributed by atoms with E-state index in [1.165, 1.54) is 10.9 Å². The number of rotatable bonds is 6. The van der Waals surface area contributed by atoms with E-state index in [0.29, 0.717) is 18.7 Å². The lowest BCUT2D eigenvalue weighted by atomic mass is 9.98. The lowest BCUT2D eigenvalue weighted by molar-refractivity contribution is -0.388. The zero-order valence-corrected chi connectivity index (χ0v) is 10.3. The maximum Gasteiger partial charge on any atom is 0.406 e. The molecule has 0 saturated carbocycles. The Morgan fingerprint density at radius 3 is 2.65 bits per heavy atom. The van der Waals surface area contributed by atoms with Gasteiger partial charge in [0.05, 0.1) is 5.60 Å². The van der Waals surface area contributed by atoms with Gasteiger partial charge in [-0.15, -0.1) is 0 Å². The third-order valence-corrected chi connectivity index (χ3v) is 2.99. The highest BCUT2D eigenvalue weighted by atomic mass is 16.6. The van der Waals surface area contributed by atoms with Gasteiger partial charge in [0.25, 0.3) is 0 Å². The van der Waals surface area contributed by atoms with Crippen molar-refractivity contribution in [1.29, 1.82) is 0 Å². The van der Waals surface area contributed by atoms with Crippen LogP contribution in [0, 0.1) is 10.1 Å². The fourth-order valence-corrected chi connectivity index (χ4v) is 1.50. The first-order chi connectivity index (χ1) is 7.93. The van der Waals surface area contributed by atoms with E-state index in [2.05, 4.69) is 10.3 Å². The molecule has 0 saturated heterocycles. The number of anilines is 1. The highest BCUT2D eigenvalue weighted by Crippen LogP contribution is 2.23. The Morgan fingerprint density at radius 2 is 2.18 bits per heavy atom. The van der Waals surface area contributed by atoms with E-state index < -0.39 is 10.5 Å². The second kappa shape index (κ2) is 5.13. The SMILES string of the molecule is CCC(O)(CC)CNc1c([N+](=O)[O-])ncn1C. The zero-order chi connectivity index (χ0) is 13.1. The summed E-state index contributed by atoms with van der Waals surface area (Å²) < 4.78 is 1.53. The Balaban J connectivity index is 2.82. The van der Waals surface area contributed by atoms with Gasteiger partial charge in [0.1, 0.15) is 0 Å². The van der Waals surface area contributed by atoms with Crippen LogP contribution in [0.25, 0.3) is 0 Å². The Labute approximate surface area is 99.6 Å². The van der Waals surface area contributed by atoms with Crippen LogP contribution in [0.15, 0.2) is 6.33 Å². The lowest BCUT2D eigenvalue weighted by Gasteiger charge is -2.25. The summed E-state index contributed by atoms with van der Waals surface area (Å²) >= 11 is 0. The molecular formula is C10H18N4O3. The van der Waals surface area contributed by atoms with Crippen molar-refractivity contribution < 1.29 is 10.0 Å². The number of nitrogens with one attached hydrogen (secondary N) is 1. The molecule has 0 bridgehead atoms. The van der Waals surface area contributed by atoms with Gasteiger partial charge in [-0.3, -0.25) is 4.57 Å². The molecule has 0 atom stereocenters. The van der Waals surface area contributed by atoms with Crippen LogP contribution in [0.3, 0.4) is 0 Å². The molecule has 0 aromatic carbocycles. The summed E-state index contributed by atoms with van der Waals surface area (Å²) in [5.74, 6) is 0.0948. The largest absolute Gasteiger partial charge is 0.406 e. The molecular weight excluding hydrogens is 224 g/mol. The number of imidazole rings is 1. The van der Waals surface area contributed by atoms with Gasteiger partial charge in [-0.2, -0.15) is 0 Å². The molecule has 2 N–H and O–H groups in total. The van der Waals surface area contributed by atoms with Gasteiger partial charge in [-0.1, -0.05) is 13.8 Å². The molecule has 0 aliphatic heterocycles. The van der Waals surface area contributed by atoms with Gasteiger partial charge in [0, 0.05) is 13.6 Å². The summed E-state index contributed by atoms with van der Waals surface area (Å²) in [6.07, 6.45) is 2.54. The summed E-state index contributed by atoms with van der Waals surface area (Å²) in [5, 5.41) is 23.7. The molecule has 0 aliphatic carbocycles. The average Bonchev–Trinajstić information content (AvgIpc) is 2.68. The standard InChI is InChI=1S/C10H18N4O3/c1-4-10(15,5-2)6-11-8-9(14(16)17)12-7-13(8)3/h7,11,15H,4-6H2,1-3H3. The minimum Gasteiger partial charge on any atom is -0.388 e. The highest BCUT2D eigenvalue weighted by Gasteiger charge is 2.26. The quantitative estimate of drug-likeness (QED) is 0.579. The maximum atomic E-state index is 10.7. The van der Waals surface area contributed by atoms with Gasteiger partial charge in [0.15, 0.2) is 0 Å². The van der Waals surface area contributed by atoms with E-state index >= 15 is 0 Å². The highest BCUT2D eigenvalue weighted by molar-refractivity contribution is 5.52. The molecule has 1 rings (SSSR count). The minimum atomic E-state index is -0.849. The molecule has 17 heavy (non-hydrogen) atoms. The van der Waals surface area contributed by atoms with E-state index in [4.69, 9.17) is 0 Å². The van der Waals surface area contributed by atoms with Crippen LogP contribution in [0.1, 0.15) is 26.7 Å². The third-order valence-electron chi connectivity index (χ3n) is 2.99. The van der Waals surface area contributed by atoms with Crippen molar-refractivity contribution in [1.82, 2.24) is 9.55 Å². The molecule has 0 radical (unpaired) electrons.